The molecule has 1 heterocycles. The molecule has 1 aromatic heterocycles. The summed E-state index contributed by atoms with van der Waals surface area (Å²) in [5, 5.41) is 2.89. The molecule has 0 atom stereocenters. The number of anilines is 1. The average Bonchev–Trinajstić information content (AvgIpc) is 2.62. The second kappa shape index (κ2) is 7.42. The van der Waals surface area contributed by atoms with Crippen LogP contribution in [0.25, 0.3) is 0 Å². The zero-order chi connectivity index (χ0) is 15.9. The molecule has 3 rings (SSSR count). The molecule has 3 heteroatoms. The first-order chi connectivity index (χ1) is 11.3. The van der Waals surface area contributed by atoms with E-state index in [1.807, 2.05) is 30.3 Å². The van der Waals surface area contributed by atoms with Gasteiger partial charge < -0.3 is 5.32 Å². The first-order valence-corrected chi connectivity index (χ1v) is 7.84. The van der Waals surface area contributed by atoms with E-state index in [-0.39, 0.29) is 5.91 Å². The third-order valence-electron chi connectivity index (χ3n) is 3.75. The highest BCUT2D eigenvalue weighted by Gasteiger charge is 2.10. The quantitative estimate of drug-likeness (QED) is 0.845. The molecule has 1 aliphatic rings. The van der Waals surface area contributed by atoms with Gasteiger partial charge in [-0.15, -0.1) is 0 Å². The molecule has 0 spiro atoms. The minimum atomic E-state index is -0.166. The maximum Gasteiger partial charge on any atom is 0.257 e. The van der Waals surface area contributed by atoms with E-state index in [1.54, 1.807) is 18.5 Å². The van der Waals surface area contributed by atoms with Crippen LogP contribution in [0.1, 0.15) is 41.6 Å². The number of nitrogens with zero attached hydrogens (tertiary/aromatic N) is 1. The van der Waals surface area contributed by atoms with Crippen molar-refractivity contribution in [3.63, 3.8) is 0 Å². The van der Waals surface area contributed by atoms with Crippen molar-refractivity contribution in [2.24, 2.45) is 0 Å². The SMILES string of the molecule is O=C(Nc1ccccc1)c1ccncc1C#CC1=CCCCC1. The van der Waals surface area contributed by atoms with Crippen LogP contribution >= 0.6 is 0 Å². The van der Waals surface area contributed by atoms with Crippen molar-refractivity contribution in [3.05, 3.63) is 71.6 Å². The van der Waals surface area contributed by atoms with Crippen molar-refractivity contribution < 1.29 is 4.79 Å². The maximum atomic E-state index is 12.5. The van der Waals surface area contributed by atoms with Crippen LogP contribution in [-0.2, 0) is 0 Å². The molecule has 0 aliphatic heterocycles. The summed E-state index contributed by atoms with van der Waals surface area (Å²) in [6.07, 6.45) is 10.0. The first-order valence-electron chi connectivity index (χ1n) is 7.84. The molecule has 23 heavy (non-hydrogen) atoms. The summed E-state index contributed by atoms with van der Waals surface area (Å²) < 4.78 is 0. The third-order valence-corrected chi connectivity index (χ3v) is 3.75. The van der Waals surface area contributed by atoms with Crippen molar-refractivity contribution in [2.45, 2.75) is 25.7 Å². The van der Waals surface area contributed by atoms with E-state index < -0.39 is 0 Å². The van der Waals surface area contributed by atoms with Crippen LogP contribution in [0.4, 0.5) is 5.69 Å². The maximum absolute atomic E-state index is 12.5. The number of pyridine rings is 1. The number of para-hydroxylation sites is 1. The van der Waals surface area contributed by atoms with E-state index in [0.717, 1.165) is 24.1 Å². The van der Waals surface area contributed by atoms with Crippen molar-refractivity contribution in [1.29, 1.82) is 0 Å². The highest BCUT2D eigenvalue weighted by Crippen LogP contribution is 2.17. The molecule has 0 saturated heterocycles. The van der Waals surface area contributed by atoms with Crippen molar-refractivity contribution >= 4 is 11.6 Å². The fourth-order valence-electron chi connectivity index (χ4n) is 2.51. The lowest BCUT2D eigenvalue weighted by Gasteiger charge is -2.07. The van der Waals surface area contributed by atoms with Crippen LogP contribution in [0.15, 0.2) is 60.4 Å². The van der Waals surface area contributed by atoms with Gasteiger partial charge >= 0.3 is 0 Å². The number of carbonyl (C=O) groups is 1. The number of hydrogen-bond acceptors (Lipinski definition) is 2. The van der Waals surface area contributed by atoms with Gasteiger partial charge in [-0.25, -0.2) is 0 Å². The average molecular weight is 302 g/mol. The fraction of sp³-hybridized carbons (Fsp3) is 0.200. The number of carbonyl (C=O) groups excluding carboxylic acids is 1. The Morgan fingerprint density at radius 1 is 1.09 bits per heavy atom. The van der Waals surface area contributed by atoms with Crippen molar-refractivity contribution in [1.82, 2.24) is 4.98 Å². The highest BCUT2D eigenvalue weighted by atomic mass is 16.1. The summed E-state index contributed by atoms with van der Waals surface area (Å²) in [7, 11) is 0. The smallest absolute Gasteiger partial charge is 0.257 e. The van der Waals surface area contributed by atoms with Gasteiger partial charge in [-0.2, -0.15) is 0 Å². The molecule has 0 radical (unpaired) electrons. The van der Waals surface area contributed by atoms with E-state index >= 15 is 0 Å². The Morgan fingerprint density at radius 3 is 2.74 bits per heavy atom. The fourth-order valence-corrected chi connectivity index (χ4v) is 2.51. The predicted molar refractivity (Wildman–Crippen MR) is 92.1 cm³/mol. The van der Waals surface area contributed by atoms with E-state index in [4.69, 9.17) is 0 Å². The Hall–Kier alpha value is -2.86. The normalized spacial score (nSPS) is 13.5. The van der Waals surface area contributed by atoms with Crippen LogP contribution < -0.4 is 5.32 Å². The molecule has 1 amide bonds. The van der Waals surface area contributed by atoms with Crippen molar-refractivity contribution in [2.75, 3.05) is 5.32 Å². The third kappa shape index (κ3) is 4.08. The Kier molecular flexibility index (Phi) is 4.85. The summed E-state index contributed by atoms with van der Waals surface area (Å²) >= 11 is 0. The van der Waals surface area contributed by atoms with Gasteiger partial charge in [-0.1, -0.05) is 36.1 Å². The Bertz CT molecular complexity index is 782. The lowest BCUT2D eigenvalue weighted by Crippen LogP contribution is -2.13. The lowest BCUT2D eigenvalue weighted by atomic mass is 9.99. The molecule has 2 aromatic rings. The standard InChI is InChI=1S/C20H18N2O/c23-20(22-18-9-5-2-6-10-18)19-13-14-21-15-17(19)12-11-16-7-3-1-4-8-16/h2,5-7,9-10,13-15H,1,3-4,8H2,(H,22,23). The van der Waals surface area contributed by atoms with Gasteiger partial charge in [0, 0.05) is 18.1 Å². The molecule has 1 aromatic carbocycles. The summed E-state index contributed by atoms with van der Waals surface area (Å²) in [5.41, 5.74) is 3.14. The van der Waals surface area contributed by atoms with E-state index in [9.17, 15) is 4.79 Å². The Labute approximate surface area is 136 Å². The van der Waals surface area contributed by atoms with Crippen LogP contribution in [0, 0.1) is 11.8 Å². The molecule has 114 valence electrons. The number of allylic oxidation sites excluding steroid dienone is 2. The van der Waals surface area contributed by atoms with Gasteiger partial charge in [-0.05, 0) is 49.5 Å². The zero-order valence-corrected chi connectivity index (χ0v) is 12.9. The second-order valence-corrected chi connectivity index (χ2v) is 5.47. The molecule has 0 bridgehead atoms. The van der Waals surface area contributed by atoms with E-state index in [1.165, 1.54) is 12.8 Å². The lowest BCUT2D eigenvalue weighted by molar-refractivity contribution is 0.102. The summed E-state index contributed by atoms with van der Waals surface area (Å²) in [4.78, 5) is 16.6. The van der Waals surface area contributed by atoms with Crippen LogP contribution in [0.2, 0.25) is 0 Å². The predicted octanol–water partition coefficient (Wildman–Crippen LogP) is 4.19. The van der Waals surface area contributed by atoms with Gasteiger partial charge in [-0.3, -0.25) is 9.78 Å². The molecule has 3 nitrogen and oxygen atoms in total. The zero-order valence-electron chi connectivity index (χ0n) is 12.9. The molecule has 0 saturated carbocycles. The van der Waals surface area contributed by atoms with Gasteiger partial charge in [0.05, 0.1) is 11.1 Å². The number of amides is 1. The summed E-state index contributed by atoms with van der Waals surface area (Å²) in [6, 6.07) is 11.1. The minimum Gasteiger partial charge on any atom is -0.322 e. The number of hydrogen-bond donors (Lipinski definition) is 1. The van der Waals surface area contributed by atoms with Gasteiger partial charge in [0.2, 0.25) is 0 Å². The molecule has 0 fully saturated rings. The van der Waals surface area contributed by atoms with Crippen LogP contribution in [0.5, 0.6) is 0 Å². The minimum absolute atomic E-state index is 0.166. The Morgan fingerprint density at radius 2 is 1.96 bits per heavy atom. The molecular weight excluding hydrogens is 284 g/mol. The van der Waals surface area contributed by atoms with Crippen LogP contribution in [-0.4, -0.2) is 10.9 Å². The monoisotopic (exact) mass is 302 g/mol. The molecular formula is C20H18N2O. The van der Waals surface area contributed by atoms with Crippen LogP contribution in [0.3, 0.4) is 0 Å². The van der Waals surface area contributed by atoms with Gasteiger partial charge in [0.1, 0.15) is 0 Å². The molecule has 1 aliphatic carbocycles. The van der Waals surface area contributed by atoms with Gasteiger partial charge in [0.15, 0.2) is 0 Å². The van der Waals surface area contributed by atoms with E-state index in [0.29, 0.717) is 11.1 Å². The molecule has 0 unspecified atom stereocenters. The highest BCUT2D eigenvalue weighted by molar-refractivity contribution is 6.05. The first kappa shape index (κ1) is 15.1. The Balaban J connectivity index is 1.82. The number of aromatic nitrogens is 1. The number of benzene rings is 1. The van der Waals surface area contributed by atoms with E-state index in [2.05, 4.69) is 28.2 Å². The summed E-state index contributed by atoms with van der Waals surface area (Å²) in [5.74, 6) is 6.13. The largest absolute Gasteiger partial charge is 0.322 e. The molecule has 1 N–H and O–H groups in total. The second-order valence-electron chi connectivity index (χ2n) is 5.47. The number of nitrogens with one attached hydrogen (secondary N) is 1. The number of rotatable bonds is 2. The van der Waals surface area contributed by atoms with Gasteiger partial charge in [0.25, 0.3) is 5.91 Å². The van der Waals surface area contributed by atoms with Crippen molar-refractivity contribution in [3.8, 4) is 11.8 Å². The summed E-state index contributed by atoms with van der Waals surface area (Å²) in [6.45, 7) is 0. The topological polar surface area (TPSA) is 42.0 Å².